The zero-order valence-corrected chi connectivity index (χ0v) is 16.8. The normalized spacial score (nSPS) is 23.2. The van der Waals surface area contributed by atoms with E-state index in [4.69, 9.17) is 18.9 Å². The lowest BCUT2D eigenvalue weighted by Gasteiger charge is -2.44. The molecule has 0 spiro atoms. The number of esters is 1. The lowest BCUT2D eigenvalue weighted by atomic mass is 9.87. The number of benzene rings is 1. The van der Waals surface area contributed by atoms with Crippen LogP contribution in [0.3, 0.4) is 0 Å². The van der Waals surface area contributed by atoms with Gasteiger partial charge in [0.15, 0.2) is 0 Å². The van der Waals surface area contributed by atoms with Gasteiger partial charge >= 0.3 is 12.1 Å². The van der Waals surface area contributed by atoms with Crippen LogP contribution in [0.15, 0.2) is 28.5 Å². The Morgan fingerprint density at radius 1 is 1.17 bits per heavy atom. The topological polar surface area (TPSA) is 114 Å². The molecule has 3 unspecified atom stereocenters. The zero-order chi connectivity index (χ0) is 21.0. The number of methoxy groups -OCH3 is 2. The minimum atomic E-state index is -0.976. The Kier molecular flexibility index (Phi) is 6.37. The number of carbonyl (C=O) groups excluding carboxylic acids is 2. The predicted molar refractivity (Wildman–Crippen MR) is 100 cm³/mol. The van der Waals surface area contributed by atoms with Crippen LogP contribution in [0.1, 0.15) is 25.3 Å². The molecule has 1 N–H and O–H groups in total. The molecule has 158 valence electrons. The van der Waals surface area contributed by atoms with Crippen LogP contribution < -0.4 is 15.0 Å². The molecule has 1 saturated heterocycles. The molecule has 11 nitrogen and oxygen atoms in total. The van der Waals surface area contributed by atoms with Crippen molar-refractivity contribution in [2.75, 3.05) is 34.0 Å². The Balaban J connectivity index is 2.08. The average molecular weight is 407 g/mol. The third-order valence-electron chi connectivity index (χ3n) is 4.78. The highest BCUT2D eigenvalue weighted by molar-refractivity contribution is 5.83. The Hall–Kier alpha value is -3.08. The van der Waals surface area contributed by atoms with Crippen LogP contribution >= 0.6 is 0 Å². The van der Waals surface area contributed by atoms with Crippen LogP contribution in [0.4, 0.5) is 4.79 Å². The van der Waals surface area contributed by atoms with Crippen molar-refractivity contribution < 1.29 is 28.5 Å². The lowest BCUT2D eigenvalue weighted by Crippen LogP contribution is -2.65. The molecule has 2 aliphatic rings. The first-order valence-corrected chi connectivity index (χ1v) is 9.31. The van der Waals surface area contributed by atoms with Crippen molar-refractivity contribution in [3.8, 4) is 11.5 Å². The van der Waals surface area contributed by atoms with Crippen molar-refractivity contribution >= 4 is 12.1 Å². The summed E-state index contributed by atoms with van der Waals surface area (Å²) < 4.78 is 21.3. The molecule has 0 aromatic heterocycles. The summed E-state index contributed by atoms with van der Waals surface area (Å²) in [5.74, 6) is 0.0919. The summed E-state index contributed by atoms with van der Waals surface area (Å²) in [5, 5.41) is 9.50. The van der Waals surface area contributed by atoms with Crippen LogP contribution in [0.2, 0.25) is 0 Å². The van der Waals surface area contributed by atoms with Crippen LogP contribution in [0, 0.1) is 0 Å². The van der Waals surface area contributed by atoms with E-state index in [1.54, 1.807) is 38.1 Å². The molecule has 11 heteroatoms. The molecule has 1 aromatic rings. The summed E-state index contributed by atoms with van der Waals surface area (Å²) in [6.07, 6.45) is -1.50. The molecule has 0 radical (unpaired) electrons. The van der Waals surface area contributed by atoms with E-state index in [1.807, 2.05) is 6.07 Å². The fourth-order valence-corrected chi connectivity index (χ4v) is 3.54. The number of hydrazine groups is 1. The lowest BCUT2D eigenvalue weighted by molar-refractivity contribution is -0.157. The second kappa shape index (κ2) is 8.95. The molecule has 0 bridgehead atoms. The van der Waals surface area contributed by atoms with Gasteiger partial charge < -0.3 is 18.9 Å². The largest absolute Gasteiger partial charge is 0.497 e. The van der Waals surface area contributed by atoms with E-state index in [0.717, 1.165) is 0 Å². The van der Waals surface area contributed by atoms with Gasteiger partial charge in [0.2, 0.25) is 6.29 Å². The number of nitrogens with one attached hydrogen (secondary N) is 1. The molecule has 0 aliphatic carbocycles. The third-order valence-corrected chi connectivity index (χ3v) is 4.78. The van der Waals surface area contributed by atoms with Gasteiger partial charge in [-0.05, 0) is 19.9 Å². The zero-order valence-electron chi connectivity index (χ0n) is 16.8. The first-order chi connectivity index (χ1) is 14.0. The molecule has 3 atom stereocenters. The van der Waals surface area contributed by atoms with Gasteiger partial charge in [-0.2, -0.15) is 5.01 Å². The fourth-order valence-electron chi connectivity index (χ4n) is 3.54. The first kappa shape index (κ1) is 20.6. The Morgan fingerprint density at radius 3 is 2.59 bits per heavy atom. The Bertz CT molecular complexity index is 788. The smallest absolute Gasteiger partial charge is 0.413 e. The first-order valence-electron chi connectivity index (χ1n) is 9.31. The number of amides is 1. The second-order valence-electron chi connectivity index (χ2n) is 6.33. The van der Waals surface area contributed by atoms with Gasteiger partial charge in [0.05, 0.1) is 27.4 Å². The minimum Gasteiger partial charge on any atom is -0.497 e. The van der Waals surface area contributed by atoms with Crippen molar-refractivity contribution in [1.82, 2.24) is 15.4 Å². The fraction of sp³-hybridized carbons (Fsp3) is 0.556. The van der Waals surface area contributed by atoms with E-state index in [2.05, 4.69) is 15.9 Å². The summed E-state index contributed by atoms with van der Waals surface area (Å²) in [5.41, 5.74) is 3.48. The maximum absolute atomic E-state index is 13.0. The maximum atomic E-state index is 13.0. The molecular formula is C18H25N5O6. The van der Waals surface area contributed by atoms with Gasteiger partial charge in [-0.3, -0.25) is 4.90 Å². The number of rotatable bonds is 6. The standard InChI is InChI=1S/C18H25N5O6/c1-5-28-16(24)15-13(12-8-7-11(26-3)9-14(12)27-4)10-22-17(19-20-21-22)23(15)18(25)29-6-2/h7-9,13,15,17H,5-6,10H2,1-4H3,(H,19,21). The summed E-state index contributed by atoms with van der Waals surface area (Å²) >= 11 is 0. The van der Waals surface area contributed by atoms with Crippen molar-refractivity contribution in [2.24, 2.45) is 10.3 Å². The summed E-state index contributed by atoms with van der Waals surface area (Å²) in [7, 11) is 3.09. The monoisotopic (exact) mass is 407 g/mol. The number of carbonyl (C=O) groups is 2. The Morgan fingerprint density at radius 2 is 1.93 bits per heavy atom. The SMILES string of the molecule is CCOC(=O)C1C(c2ccc(OC)cc2OC)CN2NN=NC2N1C(=O)OCC. The summed E-state index contributed by atoms with van der Waals surface area (Å²) in [6.45, 7) is 4.06. The molecule has 2 aliphatic heterocycles. The molecular weight excluding hydrogens is 382 g/mol. The van der Waals surface area contributed by atoms with Gasteiger partial charge in [0, 0.05) is 24.1 Å². The maximum Gasteiger partial charge on any atom is 0.413 e. The Labute approximate surface area is 168 Å². The molecule has 3 rings (SSSR count). The molecule has 1 fully saturated rings. The molecule has 1 amide bonds. The summed E-state index contributed by atoms with van der Waals surface area (Å²) in [4.78, 5) is 27.0. The highest BCUT2D eigenvalue weighted by atomic mass is 16.6. The second-order valence-corrected chi connectivity index (χ2v) is 6.33. The van der Waals surface area contributed by atoms with Crippen molar-refractivity contribution in [3.63, 3.8) is 0 Å². The van der Waals surface area contributed by atoms with Crippen molar-refractivity contribution in [3.05, 3.63) is 23.8 Å². The van der Waals surface area contributed by atoms with Gasteiger partial charge in [0.1, 0.15) is 17.5 Å². The number of hydrogen-bond acceptors (Lipinski definition) is 10. The quantitative estimate of drug-likeness (QED) is 0.708. The van der Waals surface area contributed by atoms with E-state index < -0.39 is 30.3 Å². The number of ether oxygens (including phenoxy) is 4. The van der Waals surface area contributed by atoms with E-state index in [9.17, 15) is 9.59 Å². The van der Waals surface area contributed by atoms with Crippen LogP contribution in [-0.2, 0) is 14.3 Å². The van der Waals surface area contributed by atoms with Gasteiger partial charge in [-0.1, -0.05) is 11.3 Å². The number of hydrogen-bond donors (Lipinski definition) is 1. The van der Waals surface area contributed by atoms with E-state index in [-0.39, 0.29) is 13.2 Å². The molecule has 1 aromatic carbocycles. The van der Waals surface area contributed by atoms with Gasteiger partial charge in [-0.15, -0.1) is 5.11 Å². The van der Waals surface area contributed by atoms with E-state index in [0.29, 0.717) is 23.6 Å². The third kappa shape index (κ3) is 3.90. The van der Waals surface area contributed by atoms with Crippen LogP contribution in [0.25, 0.3) is 0 Å². The van der Waals surface area contributed by atoms with Crippen LogP contribution in [-0.4, -0.2) is 68.3 Å². The van der Waals surface area contributed by atoms with E-state index in [1.165, 1.54) is 12.0 Å². The highest BCUT2D eigenvalue weighted by Crippen LogP contribution is 2.39. The summed E-state index contributed by atoms with van der Waals surface area (Å²) in [6, 6.07) is 4.33. The van der Waals surface area contributed by atoms with Crippen molar-refractivity contribution in [1.29, 1.82) is 0 Å². The minimum absolute atomic E-state index is 0.151. The van der Waals surface area contributed by atoms with Gasteiger partial charge in [-0.25, -0.2) is 15.1 Å². The molecule has 2 heterocycles. The average Bonchev–Trinajstić information content (AvgIpc) is 3.20. The van der Waals surface area contributed by atoms with Gasteiger partial charge in [0.25, 0.3) is 0 Å². The highest BCUT2D eigenvalue weighted by Gasteiger charge is 2.52. The molecule has 29 heavy (non-hydrogen) atoms. The number of nitrogens with zero attached hydrogens (tertiary/aromatic N) is 4. The molecule has 0 saturated carbocycles. The van der Waals surface area contributed by atoms with E-state index >= 15 is 0 Å². The predicted octanol–water partition coefficient (Wildman–Crippen LogP) is 1.66. The number of fused-ring (bicyclic) bond motifs is 1. The van der Waals surface area contributed by atoms with Crippen molar-refractivity contribution in [2.45, 2.75) is 32.1 Å². The van der Waals surface area contributed by atoms with Crippen LogP contribution in [0.5, 0.6) is 11.5 Å².